The van der Waals surface area contributed by atoms with E-state index < -0.39 is 31.8 Å². The van der Waals surface area contributed by atoms with Crippen molar-refractivity contribution in [2.45, 2.75) is 28.5 Å². The van der Waals surface area contributed by atoms with Gasteiger partial charge in [0.25, 0.3) is 0 Å². The third-order valence-corrected chi connectivity index (χ3v) is 15.7. The van der Waals surface area contributed by atoms with Crippen LogP contribution in [-0.4, -0.2) is 114 Å². The molecule has 9 aromatic rings. The smallest absolute Gasteiger partial charge is 0.348 e. The molecular formula is C39H27N15O15S6. The van der Waals surface area contributed by atoms with E-state index in [0.717, 1.165) is 69.3 Å². The molecule has 0 saturated heterocycles. The van der Waals surface area contributed by atoms with E-state index in [-0.39, 0.29) is 15.0 Å². The maximum absolute atomic E-state index is 12.1. The second kappa shape index (κ2) is 21.9. The standard InChI is InChI=1S/3C13H9N5O5S2/c3*19-11-15-16-12(25-13-14-6-10(24-13)18(20)21)17(11)7-1-2-8-9(5-7)23-4-3-22-8/h3*1-2,5-6H,3-4H2,(H,15,19). The number of hydrogen-bond donors (Lipinski definition) is 3. The van der Waals surface area contributed by atoms with Crippen LogP contribution in [0, 0.1) is 30.3 Å². The van der Waals surface area contributed by atoms with Crippen molar-refractivity contribution in [2.24, 2.45) is 0 Å². The second-order valence-electron chi connectivity index (χ2n) is 14.4. The number of nitrogens with zero attached hydrogens (tertiary/aromatic N) is 12. The molecule has 3 aliphatic heterocycles. The Morgan fingerprint density at radius 2 is 0.707 bits per heavy atom. The summed E-state index contributed by atoms with van der Waals surface area (Å²) in [5.41, 5.74) is 0.297. The van der Waals surface area contributed by atoms with Crippen LogP contribution >= 0.6 is 69.3 Å². The van der Waals surface area contributed by atoms with Gasteiger partial charge in [0.15, 0.2) is 47.5 Å². The summed E-state index contributed by atoms with van der Waals surface area (Å²) in [5, 5.41) is 52.0. The molecule has 75 heavy (non-hydrogen) atoms. The average Bonchev–Trinajstić information content (AvgIpc) is 4.31. The first-order valence-electron chi connectivity index (χ1n) is 20.9. The van der Waals surface area contributed by atoms with Crippen molar-refractivity contribution in [1.82, 2.24) is 59.2 Å². The van der Waals surface area contributed by atoms with Gasteiger partial charge in [0.1, 0.15) is 58.2 Å². The van der Waals surface area contributed by atoms with Crippen LogP contribution < -0.4 is 45.5 Å². The third-order valence-electron chi connectivity index (χ3n) is 9.77. The molecule has 0 bridgehead atoms. The summed E-state index contributed by atoms with van der Waals surface area (Å²) in [6, 6.07) is 15.3. The highest BCUT2D eigenvalue weighted by molar-refractivity contribution is 8.01. The van der Waals surface area contributed by atoms with Crippen molar-refractivity contribution in [3.63, 3.8) is 0 Å². The molecule has 0 atom stereocenters. The fraction of sp³-hybridized carbons (Fsp3) is 0.154. The third kappa shape index (κ3) is 11.2. The first kappa shape index (κ1) is 50.0. The number of nitro groups is 3. The molecule has 3 aliphatic rings. The van der Waals surface area contributed by atoms with Crippen LogP contribution in [0.1, 0.15) is 0 Å². The van der Waals surface area contributed by atoms with E-state index in [1.807, 2.05) is 0 Å². The van der Waals surface area contributed by atoms with Crippen molar-refractivity contribution >= 4 is 84.3 Å². The molecule has 36 heteroatoms. The molecule has 3 aromatic carbocycles. The molecule has 0 amide bonds. The summed E-state index contributed by atoms with van der Waals surface area (Å²) in [6.45, 7) is 2.72. The van der Waals surface area contributed by atoms with E-state index in [1.54, 1.807) is 54.6 Å². The lowest BCUT2D eigenvalue weighted by Gasteiger charge is -2.19. The Labute approximate surface area is 439 Å². The van der Waals surface area contributed by atoms with Gasteiger partial charge in [-0.3, -0.25) is 30.3 Å². The molecule has 9 heterocycles. The highest BCUT2D eigenvalue weighted by Crippen LogP contribution is 2.39. The minimum Gasteiger partial charge on any atom is -0.486 e. The lowest BCUT2D eigenvalue weighted by atomic mass is 10.2. The Morgan fingerprint density at radius 3 is 0.960 bits per heavy atom. The van der Waals surface area contributed by atoms with Crippen LogP contribution in [0.3, 0.4) is 0 Å². The predicted molar refractivity (Wildman–Crippen MR) is 264 cm³/mol. The van der Waals surface area contributed by atoms with Gasteiger partial charge in [0.2, 0.25) is 15.5 Å². The summed E-state index contributed by atoms with van der Waals surface area (Å²) in [6.07, 6.45) is 3.52. The van der Waals surface area contributed by atoms with E-state index in [2.05, 4.69) is 45.5 Å². The monoisotopic (exact) mass is 1140 g/mol. The van der Waals surface area contributed by atoms with Gasteiger partial charge in [0, 0.05) is 18.2 Å². The van der Waals surface area contributed by atoms with Crippen LogP contribution in [0.5, 0.6) is 34.5 Å². The fourth-order valence-corrected chi connectivity index (χ4v) is 11.9. The number of ether oxygens (including phenoxy) is 6. The van der Waals surface area contributed by atoms with Crippen LogP contribution in [0.15, 0.2) is 116 Å². The zero-order valence-electron chi connectivity index (χ0n) is 37.1. The molecular weight excluding hydrogens is 1110 g/mol. The van der Waals surface area contributed by atoms with Gasteiger partial charge in [0.05, 0.1) is 31.8 Å². The Bertz CT molecular complexity index is 3420. The zero-order chi connectivity index (χ0) is 52.2. The summed E-state index contributed by atoms with van der Waals surface area (Å²) in [4.78, 5) is 79.1. The van der Waals surface area contributed by atoms with E-state index in [4.69, 9.17) is 28.4 Å². The number of fused-ring (bicyclic) bond motifs is 3. The molecule has 6 aromatic heterocycles. The molecule has 0 saturated carbocycles. The lowest BCUT2D eigenvalue weighted by Crippen LogP contribution is -2.18. The lowest BCUT2D eigenvalue weighted by molar-refractivity contribution is -0.380. The molecule has 384 valence electrons. The minimum absolute atomic E-state index is 0.0775. The molecule has 0 radical (unpaired) electrons. The molecule has 12 rings (SSSR count). The van der Waals surface area contributed by atoms with E-state index >= 15 is 0 Å². The van der Waals surface area contributed by atoms with Crippen LogP contribution in [-0.2, 0) is 0 Å². The largest absolute Gasteiger partial charge is 0.486 e. The topological polar surface area (TPSA) is 376 Å². The highest BCUT2D eigenvalue weighted by Gasteiger charge is 2.23. The number of rotatable bonds is 12. The maximum Gasteiger partial charge on any atom is 0.348 e. The van der Waals surface area contributed by atoms with Gasteiger partial charge < -0.3 is 28.4 Å². The van der Waals surface area contributed by atoms with Crippen molar-refractivity contribution in [3.05, 3.63) is 135 Å². The molecule has 3 N–H and O–H groups in total. The number of hydrogen-bond acceptors (Lipinski definition) is 27. The van der Waals surface area contributed by atoms with Crippen LogP contribution in [0.2, 0.25) is 0 Å². The number of thiazole rings is 3. The Balaban J connectivity index is 0.000000128. The van der Waals surface area contributed by atoms with Crippen LogP contribution in [0.4, 0.5) is 15.0 Å². The fourth-order valence-electron chi connectivity index (χ4n) is 6.63. The van der Waals surface area contributed by atoms with E-state index in [0.29, 0.717) is 120 Å². The Morgan fingerprint density at radius 1 is 0.440 bits per heavy atom. The first-order chi connectivity index (χ1) is 36.3. The number of aromatic amines is 3. The van der Waals surface area contributed by atoms with Gasteiger partial charge in [-0.25, -0.2) is 58.3 Å². The normalized spacial score (nSPS) is 13.0. The zero-order valence-corrected chi connectivity index (χ0v) is 42.0. The molecule has 30 nitrogen and oxygen atoms in total. The predicted octanol–water partition coefficient (Wildman–Crippen LogP) is 5.54. The second-order valence-corrected chi connectivity index (χ2v) is 21.1. The summed E-state index contributed by atoms with van der Waals surface area (Å²) in [7, 11) is 0. The summed E-state index contributed by atoms with van der Waals surface area (Å²) < 4.78 is 38.2. The number of H-pyrrole nitrogens is 3. The highest BCUT2D eigenvalue weighted by atomic mass is 32.2. The van der Waals surface area contributed by atoms with Crippen molar-refractivity contribution in [3.8, 4) is 51.6 Å². The quantitative estimate of drug-likeness (QED) is 0.0997. The first-order valence-corrected chi connectivity index (χ1v) is 25.8. The Kier molecular flexibility index (Phi) is 14.6. The Hall–Kier alpha value is -8.58. The van der Waals surface area contributed by atoms with Crippen molar-refractivity contribution in [1.29, 1.82) is 0 Å². The molecule has 0 aliphatic carbocycles. The number of aromatic nitrogens is 12. The number of benzene rings is 3. The molecule has 0 spiro atoms. The van der Waals surface area contributed by atoms with E-state index in [9.17, 15) is 44.7 Å². The van der Waals surface area contributed by atoms with E-state index in [1.165, 1.54) is 32.3 Å². The van der Waals surface area contributed by atoms with Crippen molar-refractivity contribution in [2.75, 3.05) is 39.6 Å². The molecule has 0 fully saturated rings. The number of nitrogens with one attached hydrogen (secondary N) is 3. The summed E-state index contributed by atoms with van der Waals surface area (Å²) >= 11 is 5.90. The molecule has 0 unspecified atom stereocenters. The van der Waals surface area contributed by atoms with Gasteiger partial charge in [-0.15, -0.1) is 15.3 Å². The van der Waals surface area contributed by atoms with Crippen LogP contribution in [0.25, 0.3) is 17.1 Å². The van der Waals surface area contributed by atoms with Crippen molar-refractivity contribution < 1.29 is 43.2 Å². The summed E-state index contributed by atoms with van der Waals surface area (Å²) in [5.74, 6) is 3.44. The SMILES string of the molecule is O=c1[nH]nc(Sc2ncc([N+](=O)[O-])s2)n1-c1ccc2c(c1)OCCO2.O=c1[nH]nc(Sc2ncc([N+](=O)[O-])s2)n1-c1ccc2c(c1)OCCO2.O=c1[nH]nc(Sc2ncc([N+](=O)[O-])s2)n1-c1ccc2c(c1)OCCO2. The van der Waals surface area contributed by atoms with Gasteiger partial charge in [-0.2, -0.15) is 0 Å². The van der Waals surface area contributed by atoms with Gasteiger partial charge in [-0.1, -0.05) is 0 Å². The minimum atomic E-state index is -0.514. The van der Waals surface area contributed by atoms with Gasteiger partial charge in [-0.05, 0) is 106 Å². The average molecular weight is 1140 g/mol. The maximum atomic E-state index is 12.1. The van der Waals surface area contributed by atoms with Gasteiger partial charge >= 0.3 is 32.1 Å².